The summed E-state index contributed by atoms with van der Waals surface area (Å²) in [5, 5.41) is 11.7. The summed E-state index contributed by atoms with van der Waals surface area (Å²) < 4.78 is 0. The van der Waals surface area contributed by atoms with Crippen molar-refractivity contribution in [1.29, 1.82) is 0 Å². The van der Waals surface area contributed by atoms with Crippen LogP contribution in [0.15, 0.2) is 24.3 Å². The van der Waals surface area contributed by atoms with E-state index in [9.17, 15) is 9.59 Å². The van der Waals surface area contributed by atoms with Gasteiger partial charge >= 0.3 is 0 Å². The van der Waals surface area contributed by atoms with Gasteiger partial charge in [0.2, 0.25) is 5.91 Å². The lowest BCUT2D eigenvalue weighted by Crippen LogP contribution is -2.33. The molecule has 8 nitrogen and oxygen atoms in total. The minimum absolute atomic E-state index is 0.0242. The molecule has 4 N–H and O–H groups in total. The molecule has 0 radical (unpaired) electrons. The number of carbonyl (C=O) groups excluding carboxylic acids is 2. The van der Waals surface area contributed by atoms with Gasteiger partial charge in [0.1, 0.15) is 5.82 Å². The molecule has 0 saturated heterocycles. The van der Waals surface area contributed by atoms with Gasteiger partial charge in [-0.1, -0.05) is 26.8 Å². The second kappa shape index (κ2) is 11.3. The van der Waals surface area contributed by atoms with E-state index in [4.69, 9.17) is 5.21 Å². The smallest absolute Gasteiger partial charge is 0.267 e. The molecule has 1 atom stereocenters. The lowest BCUT2D eigenvalue weighted by atomic mass is 10.1. The fourth-order valence-corrected chi connectivity index (χ4v) is 3.15. The third-order valence-electron chi connectivity index (χ3n) is 4.83. The van der Waals surface area contributed by atoms with Crippen LogP contribution in [0.4, 0.5) is 0 Å². The second-order valence-electron chi connectivity index (χ2n) is 6.89. The van der Waals surface area contributed by atoms with Crippen LogP contribution in [0.1, 0.15) is 57.5 Å². The van der Waals surface area contributed by atoms with E-state index in [1.54, 1.807) is 11.6 Å². The maximum atomic E-state index is 12.2. The van der Waals surface area contributed by atoms with Crippen molar-refractivity contribution in [3.8, 4) is 0 Å². The van der Waals surface area contributed by atoms with Gasteiger partial charge in [-0.15, -0.1) is 0 Å². The third kappa shape index (κ3) is 6.69. The summed E-state index contributed by atoms with van der Waals surface area (Å²) in [5.41, 5.74) is 3.98. The molecule has 29 heavy (non-hydrogen) atoms. The molecule has 0 aliphatic carbocycles. The number of hydroxylamine groups is 1. The Bertz CT molecular complexity index is 842. The maximum Gasteiger partial charge on any atom is 0.267 e. The SMILES string of the molecule is CCCC(=O)NC(CCN(CC)CC)c1nc2ccc(C=CC(=O)NO)cc2[nH]1. The number of nitrogens with one attached hydrogen (secondary N) is 3. The number of aromatic nitrogens is 2. The monoisotopic (exact) mass is 401 g/mol. The van der Waals surface area contributed by atoms with Gasteiger partial charge in [0, 0.05) is 19.0 Å². The van der Waals surface area contributed by atoms with Crippen LogP contribution in [0.2, 0.25) is 0 Å². The van der Waals surface area contributed by atoms with Gasteiger partial charge in [0.25, 0.3) is 5.91 Å². The first-order valence-electron chi connectivity index (χ1n) is 10.1. The third-order valence-corrected chi connectivity index (χ3v) is 4.83. The zero-order valence-corrected chi connectivity index (χ0v) is 17.4. The predicted octanol–water partition coefficient (Wildman–Crippen LogP) is 2.77. The zero-order valence-electron chi connectivity index (χ0n) is 17.4. The molecule has 2 rings (SSSR count). The van der Waals surface area contributed by atoms with Gasteiger partial charge in [-0.05, 0) is 49.7 Å². The molecule has 8 heteroatoms. The first-order chi connectivity index (χ1) is 14.0. The largest absolute Gasteiger partial charge is 0.346 e. The Labute approximate surface area is 171 Å². The van der Waals surface area contributed by atoms with Crippen LogP contribution < -0.4 is 10.8 Å². The Morgan fingerprint density at radius 1 is 1.28 bits per heavy atom. The fraction of sp³-hybridized carbons (Fsp3) is 0.476. The summed E-state index contributed by atoms with van der Waals surface area (Å²) in [7, 11) is 0. The average molecular weight is 402 g/mol. The van der Waals surface area contributed by atoms with E-state index in [2.05, 4.69) is 34.0 Å². The summed E-state index contributed by atoms with van der Waals surface area (Å²) in [5.74, 6) is 0.160. The lowest BCUT2D eigenvalue weighted by molar-refractivity contribution is -0.124. The Kier molecular flexibility index (Phi) is 8.82. The van der Waals surface area contributed by atoms with E-state index in [1.807, 2.05) is 25.1 Å². The summed E-state index contributed by atoms with van der Waals surface area (Å²) in [6.45, 7) is 9.03. The van der Waals surface area contributed by atoms with Crippen LogP contribution in [0, 0.1) is 0 Å². The molecule has 0 fully saturated rings. The normalized spacial score (nSPS) is 12.6. The van der Waals surface area contributed by atoms with Crippen molar-refractivity contribution in [1.82, 2.24) is 25.7 Å². The van der Waals surface area contributed by atoms with Crippen LogP contribution >= 0.6 is 0 Å². The first-order valence-corrected chi connectivity index (χ1v) is 10.1. The van der Waals surface area contributed by atoms with E-state index in [1.165, 1.54) is 6.08 Å². The first kappa shape index (κ1) is 22.6. The fourth-order valence-electron chi connectivity index (χ4n) is 3.15. The molecule has 1 unspecified atom stereocenters. The molecule has 1 heterocycles. The Balaban J connectivity index is 2.24. The molecule has 1 aromatic heterocycles. The number of H-pyrrole nitrogens is 1. The number of benzene rings is 1. The summed E-state index contributed by atoms with van der Waals surface area (Å²) in [6.07, 6.45) is 4.90. The van der Waals surface area contributed by atoms with E-state index >= 15 is 0 Å². The number of nitrogens with zero attached hydrogens (tertiary/aromatic N) is 2. The van der Waals surface area contributed by atoms with Crippen molar-refractivity contribution in [3.63, 3.8) is 0 Å². The van der Waals surface area contributed by atoms with E-state index in [-0.39, 0.29) is 11.9 Å². The van der Waals surface area contributed by atoms with Crippen LogP contribution in [0.25, 0.3) is 17.1 Å². The van der Waals surface area contributed by atoms with Crippen molar-refractivity contribution in [2.24, 2.45) is 0 Å². The van der Waals surface area contributed by atoms with Crippen molar-refractivity contribution in [2.45, 2.75) is 46.1 Å². The molecule has 1 aromatic carbocycles. The molecule has 0 saturated carbocycles. The molecule has 0 aliphatic rings. The number of aromatic amines is 1. The summed E-state index contributed by atoms with van der Waals surface area (Å²) in [4.78, 5) is 33.7. The molecule has 2 aromatic rings. The average Bonchev–Trinajstić information content (AvgIpc) is 3.15. The lowest BCUT2D eigenvalue weighted by Gasteiger charge is -2.22. The molecule has 0 aliphatic heterocycles. The number of amides is 2. The Hall–Kier alpha value is -2.71. The Morgan fingerprint density at radius 2 is 2.03 bits per heavy atom. The highest BCUT2D eigenvalue weighted by Crippen LogP contribution is 2.21. The van der Waals surface area contributed by atoms with Gasteiger partial charge in [-0.25, -0.2) is 10.5 Å². The van der Waals surface area contributed by atoms with Gasteiger partial charge < -0.3 is 15.2 Å². The minimum atomic E-state index is -0.592. The number of carbonyl (C=O) groups is 2. The van der Waals surface area contributed by atoms with Crippen molar-refractivity contribution in [2.75, 3.05) is 19.6 Å². The number of fused-ring (bicyclic) bond motifs is 1. The molecule has 0 spiro atoms. The maximum absolute atomic E-state index is 12.2. The minimum Gasteiger partial charge on any atom is -0.346 e. The molecular weight excluding hydrogens is 370 g/mol. The molecule has 2 amide bonds. The van der Waals surface area contributed by atoms with Crippen LogP contribution in [0.3, 0.4) is 0 Å². The number of hydrogen-bond donors (Lipinski definition) is 4. The molecular formula is C21H31N5O3. The number of imidazole rings is 1. The number of rotatable bonds is 11. The predicted molar refractivity (Wildman–Crippen MR) is 113 cm³/mol. The summed E-state index contributed by atoms with van der Waals surface area (Å²) >= 11 is 0. The molecule has 158 valence electrons. The van der Waals surface area contributed by atoms with Crippen molar-refractivity contribution >= 4 is 28.9 Å². The zero-order chi connectivity index (χ0) is 21.2. The number of hydrogen-bond acceptors (Lipinski definition) is 5. The van der Waals surface area contributed by atoms with E-state index in [0.717, 1.165) is 54.9 Å². The topological polar surface area (TPSA) is 110 Å². The Morgan fingerprint density at radius 3 is 2.69 bits per heavy atom. The van der Waals surface area contributed by atoms with Crippen molar-refractivity contribution < 1.29 is 14.8 Å². The second-order valence-corrected chi connectivity index (χ2v) is 6.89. The highest BCUT2D eigenvalue weighted by molar-refractivity contribution is 5.91. The van der Waals surface area contributed by atoms with E-state index in [0.29, 0.717) is 6.42 Å². The van der Waals surface area contributed by atoms with Crippen LogP contribution in [0.5, 0.6) is 0 Å². The quantitative estimate of drug-likeness (QED) is 0.263. The standard InChI is InChI=1S/C21H31N5O3/c1-4-7-19(27)22-17(12-13-26(5-2)6-3)21-23-16-10-8-15(14-18(16)24-21)9-11-20(28)25-29/h8-11,14,17,29H,4-7,12-13H2,1-3H3,(H,22,27)(H,23,24)(H,25,28). The highest BCUT2D eigenvalue weighted by Gasteiger charge is 2.19. The van der Waals surface area contributed by atoms with Gasteiger partial charge in [-0.2, -0.15) is 0 Å². The van der Waals surface area contributed by atoms with E-state index < -0.39 is 5.91 Å². The summed E-state index contributed by atoms with van der Waals surface area (Å²) in [6, 6.07) is 5.39. The van der Waals surface area contributed by atoms with Gasteiger partial charge in [0.05, 0.1) is 17.1 Å². The van der Waals surface area contributed by atoms with Crippen molar-refractivity contribution in [3.05, 3.63) is 35.7 Å². The van der Waals surface area contributed by atoms with Crippen LogP contribution in [-0.4, -0.2) is 51.5 Å². The molecule has 0 bridgehead atoms. The van der Waals surface area contributed by atoms with Gasteiger partial charge in [0.15, 0.2) is 0 Å². The highest BCUT2D eigenvalue weighted by atomic mass is 16.5. The van der Waals surface area contributed by atoms with Crippen LogP contribution in [-0.2, 0) is 9.59 Å². The van der Waals surface area contributed by atoms with Gasteiger partial charge in [-0.3, -0.25) is 14.8 Å².